The molecule has 6 heteroatoms. The fourth-order valence-electron chi connectivity index (χ4n) is 1.93. The molecule has 104 valence electrons. The van der Waals surface area contributed by atoms with E-state index in [1.165, 1.54) is 0 Å². The number of ether oxygens (including phenoxy) is 1. The van der Waals surface area contributed by atoms with Crippen LogP contribution in [0.4, 0.5) is 0 Å². The number of nitrogens with zero attached hydrogens (tertiary/aromatic N) is 3. The fourth-order valence-corrected chi connectivity index (χ4v) is 1.93. The van der Waals surface area contributed by atoms with Gasteiger partial charge in [0.15, 0.2) is 5.84 Å². The maximum Gasteiger partial charge on any atom is 0.231 e. The van der Waals surface area contributed by atoms with Gasteiger partial charge < -0.3 is 15.7 Å². The van der Waals surface area contributed by atoms with Crippen molar-refractivity contribution in [3.05, 3.63) is 60.4 Å². The number of rotatable bonds is 3. The van der Waals surface area contributed by atoms with Gasteiger partial charge in [-0.2, -0.15) is 0 Å². The number of pyridine rings is 2. The molecule has 0 saturated carbocycles. The van der Waals surface area contributed by atoms with E-state index in [0.29, 0.717) is 11.3 Å². The zero-order valence-corrected chi connectivity index (χ0v) is 11.0. The van der Waals surface area contributed by atoms with Gasteiger partial charge in [-0.1, -0.05) is 23.4 Å². The van der Waals surface area contributed by atoms with Crippen LogP contribution in [0.5, 0.6) is 11.6 Å². The summed E-state index contributed by atoms with van der Waals surface area (Å²) in [5, 5.41) is 12.8. The summed E-state index contributed by atoms with van der Waals surface area (Å²) in [6, 6.07) is 12.8. The highest BCUT2D eigenvalue weighted by Crippen LogP contribution is 2.26. The molecule has 1 aromatic carbocycles. The Bertz CT molecular complexity index is 803. The summed E-state index contributed by atoms with van der Waals surface area (Å²) in [6.45, 7) is 0. The van der Waals surface area contributed by atoms with Crippen molar-refractivity contribution in [2.24, 2.45) is 10.9 Å². The molecule has 0 saturated heterocycles. The van der Waals surface area contributed by atoms with Gasteiger partial charge in [-0.05, 0) is 24.3 Å². The Morgan fingerprint density at radius 3 is 2.81 bits per heavy atom. The molecule has 0 aliphatic rings. The number of amidine groups is 1. The molecule has 0 unspecified atom stereocenters. The largest absolute Gasteiger partial charge is 0.437 e. The molecule has 6 nitrogen and oxygen atoms in total. The first-order valence-electron chi connectivity index (χ1n) is 6.23. The molecule has 3 rings (SSSR count). The first kappa shape index (κ1) is 12.9. The summed E-state index contributed by atoms with van der Waals surface area (Å²) in [5.41, 5.74) is 6.88. The number of para-hydroxylation sites is 1. The predicted octanol–water partition coefficient (Wildman–Crippen LogP) is 2.52. The third-order valence-electron chi connectivity index (χ3n) is 2.92. The second kappa shape index (κ2) is 5.46. The first-order valence-corrected chi connectivity index (χ1v) is 6.23. The molecular formula is C15H12N4O2. The average Bonchev–Trinajstić information content (AvgIpc) is 2.54. The monoisotopic (exact) mass is 280 g/mol. The summed E-state index contributed by atoms with van der Waals surface area (Å²) in [5.74, 6) is 0.719. The number of benzene rings is 1. The normalized spacial score (nSPS) is 11.5. The zero-order valence-electron chi connectivity index (χ0n) is 11.0. The molecule has 0 spiro atoms. The van der Waals surface area contributed by atoms with E-state index in [9.17, 15) is 0 Å². The first-order chi connectivity index (χ1) is 10.3. The number of aromatic nitrogens is 2. The van der Waals surface area contributed by atoms with Gasteiger partial charge in [-0.3, -0.25) is 4.98 Å². The Hall–Kier alpha value is -3.15. The summed E-state index contributed by atoms with van der Waals surface area (Å²) < 4.78 is 5.70. The Balaban J connectivity index is 2.14. The number of nitrogens with two attached hydrogens (primary N) is 1. The van der Waals surface area contributed by atoms with Crippen molar-refractivity contribution >= 4 is 16.7 Å². The second-order valence-electron chi connectivity index (χ2n) is 4.31. The highest BCUT2D eigenvalue weighted by Gasteiger charge is 2.13. The van der Waals surface area contributed by atoms with Gasteiger partial charge in [0.2, 0.25) is 5.88 Å². The van der Waals surface area contributed by atoms with Crippen LogP contribution in [0, 0.1) is 0 Å². The minimum absolute atomic E-state index is 0.0628. The molecule has 0 radical (unpaired) electrons. The van der Waals surface area contributed by atoms with Crippen LogP contribution >= 0.6 is 0 Å². The topological polar surface area (TPSA) is 93.6 Å². The molecule has 0 aliphatic heterocycles. The maximum absolute atomic E-state index is 8.92. The summed E-state index contributed by atoms with van der Waals surface area (Å²) in [4.78, 5) is 8.39. The number of fused-ring (bicyclic) bond motifs is 1. The van der Waals surface area contributed by atoms with Crippen LogP contribution in [-0.4, -0.2) is 21.0 Å². The SMILES string of the molecule is NC(=NO)c1cc2ccccc2nc1Oc1cccnc1. The van der Waals surface area contributed by atoms with Gasteiger partial charge in [0.05, 0.1) is 17.3 Å². The summed E-state index contributed by atoms with van der Waals surface area (Å²) in [6.07, 6.45) is 3.21. The molecule has 3 N–H and O–H groups in total. The number of hydrogen-bond donors (Lipinski definition) is 2. The second-order valence-corrected chi connectivity index (χ2v) is 4.31. The molecule has 21 heavy (non-hydrogen) atoms. The van der Waals surface area contributed by atoms with Crippen LogP contribution in [0.2, 0.25) is 0 Å². The quantitative estimate of drug-likeness (QED) is 0.333. The van der Waals surface area contributed by atoms with E-state index in [-0.39, 0.29) is 11.7 Å². The fraction of sp³-hybridized carbons (Fsp3) is 0. The summed E-state index contributed by atoms with van der Waals surface area (Å²) in [7, 11) is 0. The third-order valence-corrected chi connectivity index (χ3v) is 2.92. The van der Waals surface area contributed by atoms with E-state index < -0.39 is 0 Å². The van der Waals surface area contributed by atoms with E-state index in [4.69, 9.17) is 15.7 Å². The lowest BCUT2D eigenvalue weighted by molar-refractivity contribution is 0.318. The van der Waals surface area contributed by atoms with E-state index in [2.05, 4.69) is 15.1 Å². The van der Waals surface area contributed by atoms with Crippen LogP contribution in [-0.2, 0) is 0 Å². The zero-order chi connectivity index (χ0) is 14.7. The highest BCUT2D eigenvalue weighted by molar-refractivity contribution is 6.02. The molecule has 0 atom stereocenters. The van der Waals surface area contributed by atoms with Crippen molar-refractivity contribution in [3.8, 4) is 11.6 Å². The Kier molecular flexibility index (Phi) is 3.34. The predicted molar refractivity (Wildman–Crippen MR) is 78.6 cm³/mol. The molecular weight excluding hydrogens is 268 g/mol. The molecule has 2 aromatic heterocycles. The van der Waals surface area contributed by atoms with Crippen LogP contribution in [0.3, 0.4) is 0 Å². The van der Waals surface area contributed by atoms with E-state index in [1.54, 1.807) is 30.6 Å². The third kappa shape index (κ3) is 2.59. The smallest absolute Gasteiger partial charge is 0.231 e. The van der Waals surface area contributed by atoms with Crippen LogP contribution < -0.4 is 10.5 Å². The van der Waals surface area contributed by atoms with Crippen molar-refractivity contribution in [2.45, 2.75) is 0 Å². The molecule has 0 fully saturated rings. The van der Waals surface area contributed by atoms with E-state index in [1.807, 2.05) is 24.3 Å². The molecule has 3 aromatic rings. The highest BCUT2D eigenvalue weighted by atomic mass is 16.5. The number of hydrogen-bond acceptors (Lipinski definition) is 5. The van der Waals surface area contributed by atoms with Crippen LogP contribution in [0.25, 0.3) is 10.9 Å². The minimum atomic E-state index is -0.0628. The van der Waals surface area contributed by atoms with Gasteiger partial charge in [0.25, 0.3) is 0 Å². The average molecular weight is 280 g/mol. The molecule has 0 bridgehead atoms. The molecule has 2 heterocycles. The lowest BCUT2D eigenvalue weighted by atomic mass is 10.1. The van der Waals surface area contributed by atoms with Crippen molar-refractivity contribution in [3.63, 3.8) is 0 Å². The number of oxime groups is 1. The van der Waals surface area contributed by atoms with Gasteiger partial charge in [-0.25, -0.2) is 4.98 Å². The summed E-state index contributed by atoms with van der Waals surface area (Å²) >= 11 is 0. The molecule has 0 aliphatic carbocycles. The standard InChI is InChI=1S/C15H12N4O2/c16-14(19-20)12-8-10-4-1-2-6-13(10)18-15(12)21-11-5-3-7-17-9-11/h1-9,20H,(H2,16,19). The molecule has 0 amide bonds. The van der Waals surface area contributed by atoms with Gasteiger partial charge in [-0.15, -0.1) is 0 Å². The minimum Gasteiger partial charge on any atom is -0.437 e. The van der Waals surface area contributed by atoms with E-state index >= 15 is 0 Å². The van der Waals surface area contributed by atoms with Crippen molar-refractivity contribution < 1.29 is 9.94 Å². The van der Waals surface area contributed by atoms with Gasteiger partial charge >= 0.3 is 0 Å². The van der Waals surface area contributed by atoms with Gasteiger partial charge in [0, 0.05) is 11.6 Å². The van der Waals surface area contributed by atoms with Gasteiger partial charge in [0.1, 0.15) is 5.75 Å². The Morgan fingerprint density at radius 2 is 2.05 bits per heavy atom. The Labute approximate surface area is 120 Å². The van der Waals surface area contributed by atoms with Crippen molar-refractivity contribution in [2.75, 3.05) is 0 Å². The van der Waals surface area contributed by atoms with Crippen molar-refractivity contribution in [1.82, 2.24) is 9.97 Å². The van der Waals surface area contributed by atoms with E-state index in [0.717, 1.165) is 10.9 Å². The maximum atomic E-state index is 8.92. The lowest BCUT2D eigenvalue weighted by Gasteiger charge is -2.10. The van der Waals surface area contributed by atoms with Crippen LogP contribution in [0.15, 0.2) is 60.0 Å². The Morgan fingerprint density at radius 1 is 1.19 bits per heavy atom. The van der Waals surface area contributed by atoms with Crippen LogP contribution in [0.1, 0.15) is 5.56 Å². The lowest BCUT2D eigenvalue weighted by Crippen LogP contribution is -2.15. The van der Waals surface area contributed by atoms with Crippen molar-refractivity contribution in [1.29, 1.82) is 0 Å².